The van der Waals surface area contributed by atoms with E-state index in [4.69, 9.17) is 14.0 Å². The summed E-state index contributed by atoms with van der Waals surface area (Å²) in [5.74, 6) is -5.22. The van der Waals surface area contributed by atoms with Crippen molar-refractivity contribution in [1.82, 2.24) is 0 Å². The van der Waals surface area contributed by atoms with Crippen molar-refractivity contribution >= 4 is 21.9 Å². The van der Waals surface area contributed by atoms with Gasteiger partial charge in [-0.2, -0.15) is 96.2 Å². The second-order valence-electron chi connectivity index (χ2n) is 14.2. The molecule has 382 valence electrons. The van der Waals surface area contributed by atoms with Gasteiger partial charge in [-0.25, -0.2) is 4.74 Å². The van der Waals surface area contributed by atoms with E-state index in [1.165, 1.54) is 0 Å². The number of rotatable bonds is 15. The maximum Gasteiger partial charge on any atom is 0.460 e. The molecule has 0 aromatic heterocycles. The van der Waals surface area contributed by atoms with Gasteiger partial charge in [0.05, 0.1) is 0 Å². The molecule has 0 aliphatic rings. The van der Waals surface area contributed by atoms with Crippen molar-refractivity contribution in [2.75, 3.05) is 0 Å². The van der Waals surface area contributed by atoms with E-state index in [1.54, 1.807) is 0 Å². The SMILES string of the molecule is O=S(=O)(O)C(F)(F)C(F)(F)OC(F)(F)C(F)(F)Sc1cc(Oc2ccc(C(c3ccc(O)cc3)(C(F)(F)F)C(F)(F)F)cc2)cc(Oc2ccc(C(c3ccc(O)cc3)(C(F)(F)F)C(F)(F)F)cc2)c1. The molecule has 0 amide bonds. The lowest BCUT2D eigenvalue weighted by atomic mass is 9.73. The lowest BCUT2D eigenvalue weighted by Gasteiger charge is -2.38. The minimum Gasteiger partial charge on any atom is -0.508 e. The van der Waals surface area contributed by atoms with Crippen LogP contribution in [0.4, 0.5) is 87.8 Å². The highest BCUT2D eigenvalue weighted by molar-refractivity contribution is 8.00. The Morgan fingerprint density at radius 3 is 0.957 bits per heavy atom. The second-order valence-corrected chi connectivity index (χ2v) is 16.9. The molecule has 0 unspecified atom stereocenters. The summed E-state index contributed by atoms with van der Waals surface area (Å²) in [4.78, 5) is -1.43. The predicted octanol–water partition coefficient (Wildman–Crippen LogP) is 13.9. The van der Waals surface area contributed by atoms with Gasteiger partial charge in [-0.15, -0.1) is 0 Å². The van der Waals surface area contributed by atoms with Gasteiger partial charge < -0.3 is 19.7 Å². The lowest BCUT2D eigenvalue weighted by Crippen LogP contribution is -2.55. The molecular weight excluding hydrogens is 1050 g/mol. The monoisotopic (exact) mass is 1070 g/mol. The van der Waals surface area contributed by atoms with Crippen LogP contribution >= 0.6 is 11.8 Å². The third-order valence-electron chi connectivity index (χ3n) is 9.71. The first-order valence-corrected chi connectivity index (χ1v) is 20.4. The van der Waals surface area contributed by atoms with Gasteiger partial charge in [0.1, 0.15) is 34.5 Å². The van der Waals surface area contributed by atoms with E-state index in [-0.39, 0.29) is 36.4 Å². The largest absolute Gasteiger partial charge is 0.508 e. The van der Waals surface area contributed by atoms with Crippen LogP contribution in [0, 0.1) is 0 Å². The van der Waals surface area contributed by atoms with E-state index >= 15 is 8.78 Å². The summed E-state index contributed by atoms with van der Waals surface area (Å²) in [6, 6.07) is 6.48. The molecule has 0 fully saturated rings. The fourth-order valence-electron chi connectivity index (χ4n) is 6.56. The van der Waals surface area contributed by atoms with Crippen molar-refractivity contribution in [2.24, 2.45) is 0 Å². The number of hydrogen-bond acceptors (Lipinski definition) is 8. The third-order valence-corrected chi connectivity index (χ3v) is 11.6. The molecule has 0 radical (unpaired) electrons. The second kappa shape index (κ2) is 18.1. The Morgan fingerprint density at radius 1 is 0.400 bits per heavy atom. The first-order valence-electron chi connectivity index (χ1n) is 18.1. The third kappa shape index (κ3) is 10.0. The fraction of sp³-hybridized carbons (Fsp3) is 0.250. The number of benzene rings is 5. The number of halogens is 20. The maximum atomic E-state index is 15.1. The number of hydrogen-bond donors (Lipinski definition) is 3. The molecule has 70 heavy (non-hydrogen) atoms. The highest BCUT2D eigenvalue weighted by Gasteiger charge is 2.75. The van der Waals surface area contributed by atoms with E-state index in [9.17, 15) is 97.7 Å². The summed E-state index contributed by atoms with van der Waals surface area (Å²) in [5.41, 5.74) is -15.7. The summed E-state index contributed by atoms with van der Waals surface area (Å²) in [7, 11) is -7.36. The van der Waals surface area contributed by atoms with Crippen molar-refractivity contribution in [3.05, 3.63) is 138 Å². The van der Waals surface area contributed by atoms with Gasteiger partial charge in [0.2, 0.25) is 10.8 Å². The van der Waals surface area contributed by atoms with Crippen LogP contribution in [0.3, 0.4) is 0 Å². The molecular formula is C40H22F20O8S2. The van der Waals surface area contributed by atoms with Crippen molar-refractivity contribution in [1.29, 1.82) is 0 Å². The summed E-state index contributed by atoms with van der Waals surface area (Å²) >= 11 is -1.61. The molecule has 0 heterocycles. The highest BCUT2D eigenvalue weighted by atomic mass is 32.2. The van der Waals surface area contributed by atoms with Gasteiger partial charge in [-0.3, -0.25) is 4.55 Å². The first kappa shape index (κ1) is 55.1. The number of phenolic OH excluding ortho intramolecular Hbond substituents is 2. The summed E-state index contributed by atoms with van der Waals surface area (Å²) in [6.45, 7) is 0. The van der Waals surface area contributed by atoms with Crippen molar-refractivity contribution < 1.29 is 125 Å². The van der Waals surface area contributed by atoms with Gasteiger partial charge in [0.25, 0.3) is 0 Å². The van der Waals surface area contributed by atoms with Crippen LogP contribution in [-0.4, -0.2) is 70.6 Å². The topological polar surface area (TPSA) is 123 Å². The Balaban J connectivity index is 1.61. The molecule has 0 aliphatic carbocycles. The van der Waals surface area contributed by atoms with E-state index in [1.807, 2.05) is 0 Å². The molecule has 8 nitrogen and oxygen atoms in total. The molecule has 5 aromatic rings. The molecule has 3 N–H and O–H groups in total. The number of thioether (sulfide) groups is 1. The molecule has 5 aromatic carbocycles. The predicted molar refractivity (Wildman–Crippen MR) is 200 cm³/mol. The summed E-state index contributed by atoms with van der Waals surface area (Å²) < 4.78 is 332. The summed E-state index contributed by atoms with van der Waals surface area (Å²) in [5, 5.41) is 5.75. The Hall–Kier alpha value is -5.88. The van der Waals surface area contributed by atoms with Crippen LogP contribution in [0.15, 0.2) is 120 Å². The van der Waals surface area contributed by atoms with Crippen LogP contribution in [-0.2, 0) is 25.7 Å². The molecule has 30 heteroatoms. The number of phenols is 2. The zero-order valence-corrected chi connectivity index (χ0v) is 34.9. The minimum atomic E-state index is -7.36. The Labute approximate surface area is 381 Å². The smallest absolute Gasteiger partial charge is 0.460 e. The van der Waals surface area contributed by atoms with Crippen LogP contribution in [0.25, 0.3) is 0 Å². The van der Waals surface area contributed by atoms with Crippen LogP contribution in [0.2, 0.25) is 0 Å². The molecule has 5 rings (SSSR count). The number of alkyl halides is 20. The van der Waals surface area contributed by atoms with Gasteiger partial charge >= 0.3 is 57.5 Å². The van der Waals surface area contributed by atoms with Crippen molar-refractivity contribution in [3.63, 3.8) is 0 Å². The van der Waals surface area contributed by atoms with Crippen LogP contribution in [0.1, 0.15) is 22.3 Å². The Bertz CT molecular complexity index is 2590. The maximum absolute atomic E-state index is 15.1. The van der Waals surface area contributed by atoms with Gasteiger partial charge in [0.15, 0.2) is 0 Å². The van der Waals surface area contributed by atoms with Gasteiger partial charge in [0, 0.05) is 11.0 Å². The fourth-order valence-corrected chi connectivity index (χ4v) is 7.71. The highest BCUT2D eigenvalue weighted by Crippen LogP contribution is 2.59. The number of ether oxygens (including phenoxy) is 3. The van der Waals surface area contributed by atoms with Crippen molar-refractivity contribution in [2.45, 2.75) is 63.2 Å². The van der Waals surface area contributed by atoms with E-state index < -0.39 is 142 Å². The molecule has 0 atom stereocenters. The molecule has 0 bridgehead atoms. The molecule has 0 aliphatic heterocycles. The average Bonchev–Trinajstić information content (AvgIpc) is 3.18. The molecule has 0 spiro atoms. The summed E-state index contributed by atoms with van der Waals surface area (Å²) in [6.07, 6.45) is -38.7. The minimum absolute atomic E-state index is 0.190. The first-order chi connectivity index (χ1) is 31.6. The quantitative estimate of drug-likeness (QED) is 0.0534. The number of aromatic hydroxyl groups is 2. The zero-order valence-electron chi connectivity index (χ0n) is 33.2. The van der Waals surface area contributed by atoms with E-state index in [0.29, 0.717) is 78.9 Å². The lowest BCUT2D eigenvalue weighted by molar-refractivity contribution is -0.441. The normalized spacial score (nSPS) is 14.1. The van der Waals surface area contributed by atoms with Crippen LogP contribution in [0.5, 0.6) is 34.5 Å². The van der Waals surface area contributed by atoms with E-state index in [2.05, 4.69) is 4.74 Å². The van der Waals surface area contributed by atoms with Crippen molar-refractivity contribution in [3.8, 4) is 34.5 Å². The van der Waals surface area contributed by atoms with Gasteiger partial charge in [-0.05, 0) is 94.7 Å². The van der Waals surface area contributed by atoms with Crippen LogP contribution < -0.4 is 9.47 Å². The average molecular weight is 1070 g/mol. The Morgan fingerprint density at radius 2 is 0.686 bits per heavy atom. The Kier molecular flexibility index (Phi) is 14.2. The van der Waals surface area contributed by atoms with Gasteiger partial charge in [-0.1, -0.05) is 48.5 Å². The molecule has 0 saturated carbocycles. The standard InChI is InChI=1S/C40H22F20O8S2/c41-33(42,43)31(34(44,45)46,20-1-9-24(61)10-2-20)22-5-13-26(14-6-22)66-28-17-29(19-30(18-28)69-39(57,58)37(53,54)68-38(55,56)40(59,60)70(63,64)65)67-27-15-7-23(8-16-27)32(35(47,48)49,36(50,51)52)21-3-11-25(62)12-4-21/h1-19,61-62H,(H,63,64,65). The van der Waals surface area contributed by atoms with E-state index in [0.717, 1.165) is 0 Å². The zero-order chi connectivity index (χ0) is 53.1. The molecule has 0 saturated heterocycles.